The van der Waals surface area contributed by atoms with Crippen LogP contribution in [-0.4, -0.2) is 34.8 Å². The highest BCUT2D eigenvalue weighted by molar-refractivity contribution is 5.93. The van der Waals surface area contributed by atoms with Crippen molar-refractivity contribution in [1.82, 2.24) is 9.55 Å². The molecule has 0 amide bonds. The minimum absolute atomic E-state index is 0.102. The van der Waals surface area contributed by atoms with Gasteiger partial charge >= 0.3 is 5.97 Å². The van der Waals surface area contributed by atoms with Crippen molar-refractivity contribution < 1.29 is 19.4 Å². The van der Waals surface area contributed by atoms with Crippen molar-refractivity contribution in [3.8, 4) is 11.5 Å². The van der Waals surface area contributed by atoms with Crippen LogP contribution in [0.15, 0.2) is 41.2 Å². The number of nitrogens with zero attached hydrogens (tertiary/aromatic N) is 2. The molecule has 2 aromatic carbocycles. The van der Waals surface area contributed by atoms with Crippen LogP contribution in [0.3, 0.4) is 0 Å². The molecule has 0 saturated carbocycles. The first-order valence-corrected chi connectivity index (χ1v) is 8.72. The third kappa shape index (κ3) is 2.90. The highest BCUT2D eigenvalue weighted by Crippen LogP contribution is 2.32. The highest BCUT2D eigenvalue weighted by Gasteiger charge is 2.22. The van der Waals surface area contributed by atoms with Gasteiger partial charge in [-0.15, -0.1) is 0 Å². The molecule has 4 rings (SSSR count). The van der Waals surface area contributed by atoms with E-state index >= 15 is 0 Å². The Balaban J connectivity index is 1.87. The lowest BCUT2D eigenvalue weighted by Crippen LogP contribution is -2.21. The fraction of sp³-hybridized carbons (Fsp3) is 0.190. The molecule has 0 saturated heterocycles. The van der Waals surface area contributed by atoms with Gasteiger partial charge in [-0.2, -0.15) is 0 Å². The average molecular weight is 378 g/mol. The molecule has 28 heavy (non-hydrogen) atoms. The van der Waals surface area contributed by atoms with Crippen molar-refractivity contribution >= 4 is 28.5 Å². The second-order valence-corrected chi connectivity index (χ2v) is 6.46. The summed E-state index contributed by atoms with van der Waals surface area (Å²) in [6, 6.07) is 9.90. The number of rotatable bonds is 4. The van der Waals surface area contributed by atoms with Gasteiger partial charge in [0, 0.05) is 18.2 Å². The maximum atomic E-state index is 12.8. The summed E-state index contributed by atoms with van der Waals surface area (Å²) < 4.78 is 12.3. The van der Waals surface area contributed by atoms with Gasteiger partial charge in [0.1, 0.15) is 17.3 Å². The Morgan fingerprint density at radius 2 is 2.00 bits per heavy atom. The molecule has 0 spiro atoms. The number of carboxylic acid groups (broad SMARTS) is 1. The van der Waals surface area contributed by atoms with E-state index in [-0.39, 0.29) is 11.1 Å². The van der Waals surface area contributed by atoms with Gasteiger partial charge in [0.15, 0.2) is 0 Å². The predicted molar refractivity (Wildman–Crippen MR) is 105 cm³/mol. The number of ether oxygens (including phenoxy) is 2. The molecular formula is C21H18N2O5. The summed E-state index contributed by atoms with van der Waals surface area (Å²) in [7, 11) is 3.18. The molecule has 0 radical (unpaired) electrons. The van der Waals surface area contributed by atoms with Crippen LogP contribution >= 0.6 is 0 Å². The number of carbonyl (C=O) groups is 1. The summed E-state index contributed by atoms with van der Waals surface area (Å²) >= 11 is 0. The summed E-state index contributed by atoms with van der Waals surface area (Å²) in [6.45, 7) is 0.530. The molecule has 0 atom stereocenters. The van der Waals surface area contributed by atoms with E-state index in [4.69, 9.17) is 9.47 Å². The second-order valence-electron chi connectivity index (χ2n) is 6.46. The molecule has 0 aliphatic carbocycles. The van der Waals surface area contributed by atoms with Crippen molar-refractivity contribution in [3.63, 3.8) is 0 Å². The molecular weight excluding hydrogens is 360 g/mol. The maximum Gasteiger partial charge on any atom is 0.335 e. The third-order valence-corrected chi connectivity index (χ3v) is 4.86. The van der Waals surface area contributed by atoms with Gasteiger partial charge in [-0.05, 0) is 48.4 Å². The Labute approximate surface area is 160 Å². The van der Waals surface area contributed by atoms with Crippen molar-refractivity contribution in [3.05, 3.63) is 63.7 Å². The average Bonchev–Trinajstić information content (AvgIpc) is 3.10. The van der Waals surface area contributed by atoms with Crippen LogP contribution in [0.5, 0.6) is 11.5 Å². The van der Waals surface area contributed by atoms with Crippen LogP contribution < -0.4 is 15.0 Å². The van der Waals surface area contributed by atoms with Crippen molar-refractivity contribution in [2.75, 3.05) is 14.2 Å². The van der Waals surface area contributed by atoms with Crippen LogP contribution in [-0.2, 0) is 6.54 Å². The molecule has 142 valence electrons. The van der Waals surface area contributed by atoms with Crippen LogP contribution in [0, 0.1) is 0 Å². The molecule has 0 fully saturated rings. The second kappa shape index (κ2) is 6.84. The number of benzene rings is 2. The van der Waals surface area contributed by atoms with E-state index in [1.165, 1.54) is 18.2 Å². The number of allylic oxidation sites excluding steroid dienone is 1. The molecule has 3 aromatic rings. The fourth-order valence-electron chi connectivity index (χ4n) is 3.41. The first-order valence-electron chi connectivity index (χ1n) is 8.72. The fourth-order valence-corrected chi connectivity index (χ4v) is 3.41. The Kier molecular flexibility index (Phi) is 4.35. The first-order chi connectivity index (χ1) is 13.5. The number of aromatic carboxylic acids is 1. The number of fused-ring (bicyclic) bond motifs is 2. The van der Waals surface area contributed by atoms with Gasteiger partial charge in [0.25, 0.3) is 5.56 Å². The molecule has 2 heterocycles. The monoisotopic (exact) mass is 378 g/mol. The van der Waals surface area contributed by atoms with E-state index in [9.17, 15) is 14.7 Å². The molecule has 0 unspecified atom stereocenters. The van der Waals surface area contributed by atoms with Crippen LogP contribution in [0.2, 0.25) is 0 Å². The number of aromatic nitrogens is 2. The van der Waals surface area contributed by atoms with Gasteiger partial charge in [-0.3, -0.25) is 9.36 Å². The van der Waals surface area contributed by atoms with Gasteiger partial charge in [-0.1, -0.05) is 0 Å². The predicted octanol–water partition coefficient (Wildman–Crippen LogP) is 3.06. The number of hydrogen-bond acceptors (Lipinski definition) is 5. The topological polar surface area (TPSA) is 90.7 Å². The van der Waals surface area contributed by atoms with E-state index < -0.39 is 5.97 Å². The van der Waals surface area contributed by atoms with Crippen LogP contribution in [0.25, 0.3) is 22.6 Å². The van der Waals surface area contributed by atoms with Crippen molar-refractivity contribution in [1.29, 1.82) is 0 Å². The van der Waals surface area contributed by atoms with Crippen molar-refractivity contribution in [2.24, 2.45) is 0 Å². The molecule has 1 aliphatic heterocycles. The quantitative estimate of drug-likeness (QED) is 0.750. The van der Waals surface area contributed by atoms with Gasteiger partial charge in [0.2, 0.25) is 0 Å². The smallest absolute Gasteiger partial charge is 0.335 e. The molecule has 1 aromatic heterocycles. The number of methoxy groups -OCH3 is 2. The Morgan fingerprint density at radius 1 is 1.18 bits per heavy atom. The summed E-state index contributed by atoms with van der Waals surface area (Å²) in [4.78, 5) is 28.7. The Bertz CT molecular complexity index is 1190. The normalized spacial score (nSPS) is 14.3. The lowest BCUT2D eigenvalue weighted by Gasteiger charge is -2.09. The van der Waals surface area contributed by atoms with Gasteiger partial charge in [-0.25, -0.2) is 9.78 Å². The molecule has 0 bridgehead atoms. The van der Waals surface area contributed by atoms with E-state index in [1.807, 2.05) is 18.2 Å². The van der Waals surface area contributed by atoms with E-state index in [2.05, 4.69) is 4.98 Å². The van der Waals surface area contributed by atoms with Crippen molar-refractivity contribution in [2.45, 2.75) is 13.0 Å². The first kappa shape index (κ1) is 17.8. The summed E-state index contributed by atoms with van der Waals surface area (Å²) in [6.07, 6.45) is 2.59. The minimum atomic E-state index is -1.05. The lowest BCUT2D eigenvalue weighted by atomic mass is 10.1. The molecule has 7 heteroatoms. The van der Waals surface area contributed by atoms with Gasteiger partial charge < -0.3 is 14.6 Å². The SMILES string of the molecule is COc1ccc(/C=C2\CCn3c2nc2cc(C(=O)O)ccc2c3=O)c(OC)c1. The summed E-state index contributed by atoms with van der Waals surface area (Å²) in [5.41, 5.74) is 2.06. The van der Waals surface area contributed by atoms with E-state index in [0.717, 1.165) is 11.1 Å². The molecule has 1 N–H and O–H groups in total. The lowest BCUT2D eigenvalue weighted by molar-refractivity contribution is 0.0697. The summed E-state index contributed by atoms with van der Waals surface area (Å²) in [5.74, 6) is 0.843. The van der Waals surface area contributed by atoms with E-state index in [1.54, 1.807) is 24.9 Å². The third-order valence-electron chi connectivity index (χ3n) is 4.86. The zero-order valence-electron chi connectivity index (χ0n) is 15.4. The van der Waals surface area contributed by atoms with Gasteiger partial charge in [0.05, 0.1) is 30.7 Å². The standard InChI is InChI=1S/C21H18N2O5/c1-27-15-5-3-12(18(11-15)28-2)9-13-7-8-23-19(13)22-17-10-14(21(25)26)4-6-16(17)20(23)24/h3-6,9-11H,7-8H2,1-2H3,(H,25,26)/b13-9+. The van der Waals surface area contributed by atoms with Crippen LogP contribution in [0.1, 0.15) is 28.2 Å². The molecule has 7 nitrogen and oxygen atoms in total. The maximum absolute atomic E-state index is 12.8. The number of hydrogen-bond donors (Lipinski definition) is 1. The molecule has 1 aliphatic rings. The Hall–Kier alpha value is -3.61. The summed E-state index contributed by atoms with van der Waals surface area (Å²) in [5, 5.41) is 9.62. The zero-order valence-corrected chi connectivity index (χ0v) is 15.4. The minimum Gasteiger partial charge on any atom is -0.497 e. The van der Waals surface area contributed by atoms with E-state index in [0.29, 0.717) is 41.2 Å². The highest BCUT2D eigenvalue weighted by atomic mass is 16.5. The van der Waals surface area contributed by atoms with Crippen LogP contribution in [0.4, 0.5) is 0 Å². The number of carboxylic acids is 1. The Morgan fingerprint density at radius 3 is 2.71 bits per heavy atom. The zero-order chi connectivity index (χ0) is 19.8. The largest absolute Gasteiger partial charge is 0.497 e.